The number of amides is 2. The molecule has 5 nitrogen and oxygen atoms in total. The number of rotatable bonds is 2. The van der Waals surface area contributed by atoms with Gasteiger partial charge in [0.15, 0.2) is 0 Å². The Hall–Kier alpha value is -1.75. The van der Waals surface area contributed by atoms with Crippen LogP contribution in [-0.2, 0) is 0 Å². The van der Waals surface area contributed by atoms with Crippen molar-refractivity contribution in [2.24, 2.45) is 0 Å². The highest BCUT2D eigenvalue weighted by Crippen LogP contribution is 2.23. The number of aliphatic hydroxyl groups excluding tert-OH is 1. The summed E-state index contributed by atoms with van der Waals surface area (Å²) >= 11 is 0. The molecule has 1 atom stereocenters. The number of carbonyl (C=O) groups excluding carboxylic acids is 1. The Bertz CT molecular complexity index is 422. The van der Waals surface area contributed by atoms with Crippen LogP contribution >= 0.6 is 0 Å². The topological polar surface area (TPSA) is 61.8 Å². The number of β-amino-alcohol motifs (C(OH)–C–C–N with tert-alkyl or cyclic N) is 1. The second-order valence-corrected chi connectivity index (χ2v) is 4.37. The van der Waals surface area contributed by atoms with Crippen LogP contribution < -0.4 is 10.1 Å². The number of methoxy groups -OCH3 is 1. The van der Waals surface area contributed by atoms with Crippen LogP contribution in [-0.4, -0.2) is 42.3 Å². The third-order valence-corrected chi connectivity index (χ3v) is 3.03. The molecule has 98 valence electrons. The van der Waals surface area contributed by atoms with E-state index >= 15 is 0 Å². The molecular weight excluding hydrogens is 232 g/mol. The molecule has 1 heterocycles. The average Bonchev–Trinajstić information content (AvgIpc) is 2.39. The number of urea groups is 1. The number of anilines is 1. The zero-order chi connectivity index (χ0) is 13.0. The van der Waals surface area contributed by atoms with E-state index in [4.69, 9.17) is 4.74 Å². The van der Waals surface area contributed by atoms with E-state index in [1.807, 2.05) is 12.1 Å². The summed E-state index contributed by atoms with van der Waals surface area (Å²) in [6, 6.07) is 7.07. The van der Waals surface area contributed by atoms with Gasteiger partial charge >= 0.3 is 6.03 Å². The zero-order valence-corrected chi connectivity index (χ0v) is 10.4. The molecule has 18 heavy (non-hydrogen) atoms. The molecule has 0 bridgehead atoms. The monoisotopic (exact) mass is 250 g/mol. The summed E-state index contributed by atoms with van der Waals surface area (Å²) < 4.78 is 5.17. The van der Waals surface area contributed by atoms with Gasteiger partial charge in [0.1, 0.15) is 5.75 Å². The highest BCUT2D eigenvalue weighted by molar-refractivity contribution is 5.91. The number of hydrogen-bond acceptors (Lipinski definition) is 3. The normalized spacial score (nSPS) is 19.4. The molecule has 1 fully saturated rings. The second kappa shape index (κ2) is 5.73. The molecule has 0 saturated carbocycles. The summed E-state index contributed by atoms with van der Waals surface area (Å²) in [5.41, 5.74) is 0.644. The lowest BCUT2D eigenvalue weighted by atomic mass is 10.1. The van der Waals surface area contributed by atoms with Gasteiger partial charge in [-0.15, -0.1) is 0 Å². The fourth-order valence-electron chi connectivity index (χ4n) is 2.08. The van der Waals surface area contributed by atoms with E-state index in [2.05, 4.69) is 5.32 Å². The highest BCUT2D eigenvalue weighted by Gasteiger charge is 2.22. The van der Waals surface area contributed by atoms with Gasteiger partial charge in [-0.1, -0.05) is 12.1 Å². The predicted octanol–water partition coefficient (Wildman–Crippen LogP) is 1.68. The van der Waals surface area contributed by atoms with Crippen molar-refractivity contribution in [3.63, 3.8) is 0 Å². The molecule has 0 aromatic heterocycles. The van der Waals surface area contributed by atoms with E-state index in [1.54, 1.807) is 24.1 Å². The standard InChI is InChI=1S/C13H18N2O3/c1-18-12-7-3-2-6-11(12)14-13(17)15-8-4-5-10(16)9-15/h2-3,6-7,10,16H,4-5,8-9H2,1H3,(H,14,17). The minimum absolute atomic E-state index is 0.196. The lowest BCUT2D eigenvalue weighted by Gasteiger charge is -2.30. The van der Waals surface area contributed by atoms with Crippen LogP contribution in [0.5, 0.6) is 5.75 Å². The maximum absolute atomic E-state index is 12.0. The van der Waals surface area contributed by atoms with Crippen molar-refractivity contribution in [1.82, 2.24) is 4.90 Å². The minimum Gasteiger partial charge on any atom is -0.495 e. The second-order valence-electron chi connectivity index (χ2n) is 4.37. The Morgan fingerprint density at radius 1 is 1.50 bits per heavy atom. The number of likely N-dealkylation sites (tertiary alicyclic amines) is 1. The molecular formula is C13H18N2O3. The van der Waals surface area contributed by atoms with Gasteiger partial charge in [0.05, 0.1) is 18.9 Å². The van der Waals surface area contributed by atoms with E-state index in [-0.39, 0.29) is 6.03 Å². The van der Waals surface area contributed by atoms with Gasteiger partial charge in [0.2, 0.25) is 0 Å². The average molecular weight is 250 g/mol. The van der Waals surface area contributed by atoms with E-state index < -0.39 is 6.10 Å². The van der Waals surface area contributed by atoms with Crippen LogP contribution in [0.1, 0.15) is 12.8 Å². The number of hydrogen-bond donors (Lipinski definition) is 2. The molecule has 2 rings (SSSR count). The van der Waals surface area contributed by atoms with Gasteiger partial charge in [0, 0.05) is 13.1 Å². The summed E-state index contributed by atoms with van der Waals surface area (Å²) in [6.07, 6.45) is 1.18. The van der Waals surface area contributed by atoms with Crippen molar-refractivity contribution in [3.05, 3.63) is 24.3 Å². The molecule has 0 spiro atoms. The summed E-state index contributed by atoms with van der Waals surface area (Å²) in [5, 5.41) is 12.4. The third kappa shape index (κ3) is 2.92. The van der Waals surface area contributed by atoms with Gasteiger partial charge in [-0.05, 0) is 25.0 Å². The Morgan fingerprint density at radius 2 is 2.28 bits per heavy atom. The van der Waals surface area contributed by atoms with Crippen LogP contribution in [0.4, 0.5) is 10.5 Å². The molecule has 1 saturated heterocycles. The predicted molar refractivity (Wildman–Crippen MR) is 68.8 cm³/mol. The number of piperidine rings is 1. The highest BCUT2D eigenvalue weighted by atomic mass is 16.5. The van der Waals surface area contributed by atoms with Crippen LogP contribution in [0.15, 0.2) is 24.3 Å². The molecule has 2 amide bonds. The quantitative estimate of drug-likeness (QED) is 0.839. The lowest BCUT2D eigenvalue weighted by Crippen LogP contribution is -2.44. The number of carbonyl (C=O) groups is 1. The third-order valence-electron chi connectivity index (χ3n) is 3.03. The number of nitrogens with zero attached hydrogens (tertiary/aromatic N) is 1. The van der Waals surface area contributed by atoms with Gasteiger partial charge in [0.25, 0.3) is 0 Å². The number of ether oxygens (including phenoxy) is 1. The lowest BCUT2D eigenvalue weighted by molar-refractivity contribution is 0.0883. The molecule has 2 N–H and O–H groups in total. The maximum Gasteiger partial charge on any atom is 0.322 e. The Morgan fingerprint density at radius 3 is 3.00 bits per heavy atom. The maximum atomic E-state index is 12.0. The van der Waals surface area contributed by atoms with Gasteiger partial charge < -0.3 is 20.1 Å². The van der Waals surface area contributed by atoms with E-state index in [0.29, 0.717) is 24.5 Å². The van der Waals surface area contributed by atoms with Crippen molar-refractivity contribution in [3.8, 4) is 5.75 Å². The number of nitrogens with one attached hydrogen (secondary N) is 1. The van der Waals surface area contributed by atoms with Crippen molar-refractivity contribution < 1.29 is 14.6 Å². The van der Waals surface area contributed by atoms with Gasteiger partial charge in [-0.3, -0.25) is 0 Å². The molecule has 5 heteroatoms. The number of benzene rings is 1. The summed E-state index contributed by atoms with van der Waals surface area (Å²) in [5.74, 6) is 0.628. The van der Waals surface area contributed by atoms with Gasteiger partial charge in [-0.25, -0.2) is 4.79 Å². The van der Waals surface area contributed by atoms with Crippen molar-refractivity contribution in [1.29, 1.82) is 0 Å². The van der Waals surface area contributed by atoms with Crippen LogP contribution in [0.3, 0.4) is 0 Å². The number of aliphatic hydroxyl groups is 1. The Labute approximate surface area is 106 Å². The van der Waals surface area contributed by atoms with E-state index in [1.165, 1.54) is 0 Å². The van der Waals surface area contributed by atoms with Crippen LogP contribution in [0.2, 0.25) is 0 Å². The molecule has 1 unspecified atom stereocenters. The number of para-hydroxylation sites is 2. The molecule has 1 aliphatic rings. The fraction of sp³-hybridized carbons (Fsp3) is 0.462. The molecule has 0 radical (unpaired) electrons. The fourth-order valence-corrected chi connectivity index (χ4v) is 2.08. The van der Waals surface area contributed by atoms with Crippen LogP contribution in [0.25, 0.3) is 0 Å². The van der Waals surface area contributed by atoms with E-state index in [0.717, 1.165) is 12.8 Å². The summed E-state index contributed by atoms with van der Waals surface area (Å²) in [7, 11) is 1.57. The molecule has 1 aromatic rings. The molecule has 1 aliphatic heterocycles. The zero-order valence-electron chi connectivity index (χ0n) is 10.4. The smallest absolute Gasteiger partial charge is 0.322 e. The Balaban J connectivity index is 2.02. The largest absolute Gasteiger partial charge is 0.495 e. The van der Waals surface area contributed by atoms with Crippen LogP contribution in [0, 0.1) is 0 Å². The van der Waals surface area contributed by atoms with Crippen molar-refractivity contribution in [2.75, 3.05) is 25.5 Å². The summed E-state index contributed by atoms with van der Waals surface area (Å²) in [6.45, 7) is 1.07. The summed E-state index contributed by atoms with van der Waals surface area (Å²) in [4.78, 5) is 13.7. The molecule has 0 aliphatic carbocycles. The molecule has 1 aromatic carbocycles. The van der Waals surface area contributed by atoms with Crippen molar-refractivity contribution >= 4 is 11.7 Å². The first-order chi connectivity index (χ1) is 8.70. The van der Waals surface area contributed by atoms with Gasteiger partial charge in [-0.2, -0.15) is 0 Å². The first-order valence-electron chi connectivity index (χ1n) is 6.07. The van der Waals surface area contributed by atoms with Crippen molar-refractivity contribution in [2.45, 2.75) is 18.9 Å². The first kappa shape index (κ1) is 12.7. The minimum atomic E-state index is -0.415. The van der Waals surface area contributed by atoms with E-state index in [9.17, 15) is 9.90 Å². The first-order valence-corrected chi connectivity index (χ1v) is 6.07. The SMILES string of the molecule is COc1ccccc1NC(=O)N1CCCC(O)C1. The Kier molecular flexibility index (Phi) is 4.04.